The lowest BCUT2D eigenvalue weighted by Gasteiger charge is -2.24. The van der Waals surface area contributed by atoms with E-state index in [2.05, 4.69) is 48.5 Å². The highest BCUT2D eigenvalue weighted by Crippen LogP contribution is 2.15. The Kier molecular flexibility index (Phi) is 5.53. The van der Waals surface area contributed by atoms with Gasteiger partial charge in [-0.2, -0.15) is 5.10 Å². The highest BCUT2D eigenvalue weighted by molar-refractivity contribution is 5.14. The Bertz CT molecular complexity index is 534. The van der Waals surface area contributed by atoms with Crippen LogP contribution < -0.4 is 5.32 Å². The summed E-state index contributed by atoms with van der Waals surface area (Å²) >= 11 is 0. The van der Waals surface area contributed by atoms with Gasteiger partial charge in [-0.15, -0.1) is 0 Å². The summed E-state index contributed by atoms with van der Waals surface area (Å²) in [5.74, 6) is 0. The number of nitrogens with zero attached hydrogens (tertiary/aromatic N) is 2. The third-order valence-electron chi connectivity index (χ3n) is 3.29. The molecule has 4 heteroatoms. The minimum atomic E-state index is 0.101. The summed E-state index contributed by atoms with van der Waals surface area (Å²) in [5.41, 5.74) is 2.39. The number of hydrogen-bond donors (Lipinski definition) is 1. The number of ether oxygens (including phenoxy) is 1. The fourth-order valence-electron chi connectivity index (χ4n) is 2.16. The van der Waals surface area contributed by atoms with Crippen molar-refractivity contribution >= 4 is 0 Å². The number of nitrogens with one attached hydrogen (secondary N) is 1. The van der Waals surface area contributed by atoms with Crippen LogP contribution in [0, 0.1) is 5.41 Å². The van der Waals surface area contributed by atoms with Crippen LogP contribution in [0.5, 0.6) is 0 Å². The van der Waals surface area contributed by atoms with Gasteiger partial charge in [-0.1, -0.05) is 44.2 Å². The van der Waals surface area contributed by atoms with Crippen LogP contribution >= 0.6 is 0 Å². The molecule has 4 nitrogen and oxygen atoms in total. The van der Waals surface area contributed by atoms with Crippen molar-refractivity contribution in [3.05, 3.63) is 53.9 Å². The molecule has 0 atom stereocenters. The van der Waals surface area contributed by atoms with Gasteiger partial charge < -0.3 is 10.1 Å². The first-order chi connectivity index (χ1) is 10.1. The molecule has 0 bridgehead atoms. The quantitative estimate of drug-likeness (QED) is 0.811. The van der Waals surface area contributed by atoms with E-state index >= 15 is 0 Å². The first-order valence-corrected chi connectivity index (χ1v) is 7.36. The molecule has 0 aliphatic carbocycles. The first-order valence-electron chi connectivity index (χ1n) is 7.36. The Morgan fingerprint density at radius 2 is 1.95 bits per heavy atom. The first kappa shape index (κ1) is 15.7. The fraction of sp³-hybridized carbons (Fsp3) is 0.471. The molecule has 2 aromatic rings. The third kappa shape index (κ3) is 5.69. The van der Waals surface area contributed by atoms with Gasteiger partial charge in [-0.3, -0.25) is 4.68 Å². The number of benzene rings is 1. The van der Waals surface area contributed by atoms with Crippen molar-refractivity contribution in [1.29, 1.82) is 0 Å². The standard InChI is InChI=1S/C17H25N3O/c1-17(2,13-18-11-15-7-5-4-6-8-15)14-21-12-16-9-10-20(3)19-16/h4-10,18H,11-14H2,1-3H3. The predicted octanol–water partition coefficient (Wildman–Crippen LogP) is 2.75. The van der Waals surface area contributed by atoms with Gasteiger partial charge in [-0.05, 0) is 11.6 Å². The SMILES string of the molecule is Cn1ccc(COCC(C)(C)CNCc2ccccc2)n1. The maximum absolute atomic E-state index is 5.78. The molecule has 0 unspecified atom stereocenters. The van der Waals surface area contributed by atoms with Crippen LogP contribution in [0.2, 0.25) is 0 Å². The fourth-order valence-corrected chi connectivity index (χ4v) is 2.16. The molecular weight excluding hydrogens is 262 g/mol. The summed E-state index contributed by atoms with van der Waals surface area (Å²) < 4.78 is 7.58. The maximum Gasteiger partial charge on any atom is 0.0906 e. The molecule has 0 aliphatic heterocycles. The Morgan fingerprint density at radius 3 is 2.62 bits per heavy atom. The van der Waals surface area contributed by atoms with Gasteiger partial charge in [0.15, 0.2) is 0 Å². The van der Waals surface area contributed by atoms with Crippen LogP contribution in [0.15, 0.2) is 42.6 Å². The van der Waals surface area contributed by atoms with E-state index in [-0.39, 0.29) is 5.41 Å². The zero-order chi connectivity index (χ0) is 15.1. The largest absolute Gasteiger partial charge is 0.374 e. The van der Waals surface area contributed by atoms with Gasteiger partial charge in [0.1, 0.15) is 0 Å². The van der Waals surface area contributed by atoms with E-state index in [1.807, 2.05) is 25.4 Å². The van der Waals surface area contributed by atoms with Crippen molar-refractivity contribution in [2.75, 3.05) is 13.2 Å². The summed E-state index contributed by atoms with van der Waals surface area (Å²) in [5, 5.41) is 7.80. The summed E-state index contributed by atoms with van der Waals surface area (Å²) in [6, 6.07) is 12.4. The lowest BCUT2D eigenvalue weighted by Crippen LogP contribution is -2.33. The van der Waals surface area contributed by atoms with E-state index in [0.717, 1.165) is 18.8 Å². The Balaban J connectivity index is 1.66. The van der Waals surface area contributed by atoms with Crippen molar-refractivity contribution in [2.45, 2.75) is 27.0 Å². The van der Waals surface area contributed by atoms with Crippen molar-refractivity contribution in [3.8, 4) is 0 Å². The number of hydrogen-bond acceptors (Lipinski definition) is 3. The molecule has 1 aromatic carbocycles. The van der Waals surface area contributed by atoms with Gasteiger partial charge in [-0.25, -0.2) is 0 Å². The highest BCUT2D eigenvalue weighted by Gasteiger charge is 2.17. The monoisotopic (exact) mass is 287 g/mol. The van der Waals surface area contributed by atoms with E-state index in [0.29, 0.717) is 13.2 Å². The molecular formula is C17H25N3O. The van der Waals surface area contributed by atoms with Gasteiger partial charge >= 0.3 is 0 Å². The van der Waals surface area contributed by atoms with Gasteiger partial charge in [0, 0.05) is 31.7 Å². The van der Waals surface area contributed by atoms with E-state index in [1.165, 1.54) is 5.56 Å². The summed E-state index contributed by atoms with van der Waals surface area (Å²) in [6.45, 7) is 7.52. The van der Waals surface area contributed by atoms with Crippen LogP contribution in [-0.4, -0.2) is 22.9 Å². The number of rotatable bonds is 8. The molecule has 0 aliphatic rings. The van der Waals surface area contributed by atoms with E-state index < -0.39 is 0 Å². The van der Waals surface area contributed by atoms with Gasteiger partial charge in [0.2, 0.25) is 0 Å². The molecule has 0 amide bonds. The number of aromatic nitrogens is 2. The van der Waals surface area contributed by atoms with Crippen LogP contribution in [0.1, 0.15) is 25.1 Å². The van der Waals surface area contributed by atoms with E-state index in [4.69, 9.17) is 4.74 Å². The second-order valence-corrected chi connectivity index (χ2v) is 6.23. The summed E-state index contributed by atoms with van der Waals surface area (Å²) in [7, 11) is 1.92. The second kappa shape index (κ2) is 7.38. The third-order valence-corrected chi connectivity index (χ3v) is 3.29. The summed E-state index contributed by atoms with van der Waals surface area (Å²) in [6.07, 6.45) is 1.94. The average molecular weight is 287 g/mol. The predicted molar refractivity (Wildman–Crippen MR) is 84.8 cm³/mol. The van der Waals surface area contributed by atoms with Crippen molar-refractivity contribution in [1.82, 2.24) is 15.1 Å². The van der Waals surface area contributed by atoms with E-state index in [9.17, 15) is 0 Å². The highest BCUT2D eigenvalue weighted by atomic mass is 16.5. The van der Waals surface area contributed by atoms with Crippen molar-refractivity contribution < 1.29 is 4.74 Å². The molecule has 2 rings (SSSR count). The molecule has 1 heterocycles. The van der Waals surface area contributed by atoms with Crippen LogP contribution in [0.4, 0.5) is 0 Å². The Morgan fingerprint density at radius 1 is 1.19 bits per heavy atom. The molecule has 0 radical (unpaired) electrons. The summed E-state index contributed by atoms with van der Waals surface area (Å²) in [4.78, 5) is 0. The maximum atomic E-state index is 5.78. The smallest absolute Gasteiger partial charge is 0.0906 e. The second-order valence-electron chi connectivity index (χ2n) is 6.23. The van der Waals surface area contributed by atoms with Crippen molar-refractivity contribution in [2.24, 2.45) is 12.5 Å². The lowest BCUT2D eigenvalue weighted by atomic mass is 9.95. The molecule has 0 spiro atoms. The van der Waals surface area contributed by atoms with Gasteiger partial charge in [0.25, 0.3) is 0 Å². The molecule has 21 heavy (non-hydrogen) atoms. The molecule has 0 fully saturated rings. The minimum Gasteiger partial charge on any atom is -0.374 e. The molecule has 1 aromatic heterocycles. The zero-order valence-electron chi connectivity index (χ0n) is 13.2. The molecule has 114 valence electrons. The Hall–Kier alpha value is -1.65. The average Bonchev–Trinajstić information content (AvgIpc) is 2.85. The topological polar surface area (TPSA) is 39.1 Å². The molecule has 1 N–H and O–H groups in total. The van der Waals surface area contributed by atoms with E-state index in [1.54, 1.807) is 4.68 Å². The van der Waals surface area contributed by atoms with Gasteiger partial charge in [0.05, 0.1) is 18.9 Å². The lowest BCUT2D eigenvalue weighted by molar-refractivity contribution is 0.0492. The normalized spacial score (nSPS) is 11.8. The molecule has 0 saturated heterocycles. The molecule has 0 saturated carbocycles. The Labute approximate surface area is 127 Å². The number of aryl methyl sites for hydroxylation is 1. The van der Waals surface area contributed by atoms with Crippen molar-refractivity contribution in [3.63, 3.8) is 0 Å². The minimum absolute atomic E-state index is 0.101. The zero-order valence-corrected chi connectivity index (χ0v) is 13.2. The van der Waals surface area contributed by atoms with Crippen LogP contribution in [-0.2, 0) is 24.9 Å². The van der Waals surface area contributed by atoms with Crippen LogP contribution in [0.3, 0.4) is 0 Å². The van der Waals surface area contributed by atoms with Crippen LogP contribution in [0.25, 0.3) is 0 Å².